The zero-order valence-corrected chi connectivity index (χ0v) is 11.8. The lowest BCUT2D eigenvalue weighted by Crippen LogP contribution is -2.11. The summed E-state index contributed by atoms with van der Waals surface area (Å²) in [7, 11) is 0. The van der Waals surface area contributed by atoms with Gasteiger partial charge >= 0.3 is 5.97 Å². The van der Waals surface area contributed by atoms with Crippen molar-refractivity contribution < 1.29 is 14.6 Å². The zero-order valence-electron chi connectivity index (χ0n) is 11.8. The number of carboxylic acid groups (broad SMARTS) is 1. The fraction of sp³-hybridized carbons (Fsp3) is 0.333. The van der Waals surface area contributed by atoms with E-state index in [9.17, 15) is 4.79 Å². The molecule has 0 aliphatic heterocycles. The van der Waals surface area contributed by atoms with Gasteiger partial charge < -0.3 is 9.84 Å². The first-order valence-corrected chi connectivity index (χ1v) is 6.48. The summed E-state index contributed by atoms with van der Waals surface area (Å²) >= 11 is 0. The first-order valence-electron chi connectivity index (χ1n) is 6.48. The lowest BCUT2D eigenvalue weighted by Gasteiger charge is -2.15. The third-order valence-electron chi connectivity index (χ3n) is 2.92. The number of rotatable bonds is 5. The van der Waals surface area contributed by atoms with Gasteiger partial charge in [-0.05, 0) is 39.0 Å². The Morgan fingerprint density at radius 2 is 2.15 bits per heavy atom. The van der Waals surface area contributed by atoms with Gasteiger partial charge in [0.2, 0.25) is 0 Å². The van der Waals surface area contributed by atoms with Gasteiger partial charge in [-0.3, -0.25) is 4.68 Å². The highest BCUT2D eigenvalue weighted by molar-refractivity contribution is 5.71. The van der Waals surface area contributed by atoms with Crippen LogP contribution in [0.5, 0.6) is 5.75 Å². The largest absolute Gasteiger partial charge is 0.481 e. The highest BCUT2D eigenvalue weighted by Gasteiger charge is 2.14. The van der Waals surface area contributed by atoms with E-state index < -0.39 is 5.97 Å². The van der Waals surface area contributed by atoms with Crippen molar-refractivity contribution in [1.29, 1.82) is 0 Å². The molecule has 0 saturated carbocycles. The molecule has 0 aliphatic carbocycles. The van der Waals surface area contributed by atoms with Crippen molar-refractivity contribution in [3.05, 3.63) is 36.0 Å². The lowest BCUT2D eigenvalue weighted by atomic mass is 10.1. The second-order valence-corrected chi connectivity index (χ2v) is 4.94. The molecule has 20 heavy (non-hydrogen) atoms. The van der Waals surface area contributed by atoms with Gasteiger partial charge in [-0.2, -0.15) is 5.10 Å². The highest BCUT2D eigenvalue weighted by Crippen LogP contribution is 2.32. The van der Waals surface area contributed by atoms with E-state index in [0.717, 1.165) is 16.8 Å². The molecular weight excluding hydrogens is 256 g/mol. The summed E-state index contributed by atoms with van der Waals surface area (Å²) in [5, 5.41) is 13.1. The van der Waals surface area contributed by atoms with Crippen molar-refractivity contribution in [2.24, 2.45) is 0 Å². The van der Waals surface area contributed by atoms with E-state index >= 15 is 0 Å². The minimum Gasteiger partial charge on any atom is -0.481 e. The third-order valence-corrected chi connectivity index (χ3v) is 2.92. The number of hydrogen-bond donors (Lipinski definition) is 1. The average molecular weight is 274 g/mol. The fourth-order valence-electron chi connectivity index (χ4n) is 2.05. The summed E-state index contributed by atoms with van der Waals surface area (Å²) < 4.78 is 7.26. The van der Waals surface area contributed by atoms with Crippen LogP contribution in [0, 0.1) is 6.92 Å². The van der Waals surface area contributed by atoms with Crippen LogP contribution in [0.4, 0.5) is 0 Å². The van der Waals surface area contributed by atoms with Crippen LogP contribution in [0.2, 0.25) is 0 Å². The van der Waals surface area contributed by atoms with Gasteiger partial charge in [0.15, 0.2) is 6.61 Å². The third kappa shape index (κ3) is 2.99. The Morgan fingerprint density at radius 3 is 2.80 bits per heavy atom. The first-order chi connectivity index (χ1) is 9.49. The van der Waals surface area contributed by atoms with Crippen LogP contribution in [0.3, 0.4) is 0 Å². The quantitative estimate of drug-likeness (QED) is 0.910. The molecule has 0 radical (unpaired) electrons. The van der Waals surface area contributed by atoms with Crippen LogP contribution in [0.25, 0.3) is 11.3 Å². The minimum absolute atomic E-state index is 0.216. The Hall–Kier alpha value is -2.30. The SMILES string of the molecule is Cc1ccc(OCC(=O)O)c(-c2ccnn2C(C)C)c1. The monoisotopic (exact) mass is 274 g/mol. The van der Waals surface area contributed by atoms with E-state index in [4.69, 9.17) is 9.84 Å². The molecule has 0 bridgehead atoms. The van der Waals surface area contributed by atoms with E-state index in [-0.39, 0.29) is 12.6 Å². The molecule has 1 aromatic heterocycles. The molecule has 0 unspecified atom stereocenters. The van der Waals surface area contributed by atoms with E-state index in [1.807, 2.05) is 43.7 Å². The van der Waals surface area contributed by atoms with Gasteiger partial charge in [0, 0.05) is 17.8 Å². The maximum Gasteiger partial charge on any atom is 0.341 e. The molecule has 0 fully saturated rings. The Kier molecular flexibility index (Phi) is 4.08. The molecule has 106 valence electrons. The number of aryl methyl sites for hydroxylation is 1. The molecule has 2 aromatic rings. The average Bonchev–Trinajstić information content (AvgIpc) is 2.86. The van der Waals surface area contributed by atoms with Crippen molar-refractivity contribution in [2.45, 2.75) is 26.8 Å². The van der Waals surface area contributed by atoms with Crippen LogP contribution >= 0.6 is 0 Å². The van der Waals surface area contributed by atoms with Crippen molar-refractivity contribution in [3.8, 4) is 17.0 Å². The number of ether oxygens (including phenoxy) is 1. The van der Waals surface area contributed by atoms with E-state index in [1.165, 1.54) is 0 Å². The van der Waals surface area contributed by atoms with E-state index in [0.29, 0.717) is 5.75 Å². The molecular formula is C15H18N2O3. The number of aromatic nitrogens is 2. The molecule has 0 amide bonds. The number of nitrogens with zero attached hydrogens (tertiary/aromatic N) is 2. The Balaban J connectivity index is 2.45. The van der Waals surface area contributed by atoms with Crippen LogP contribution in [-0.2, 0) is 4.79 Å². The predicted octanol–water partition coefficient (Wildman–Crippen LogP) is 2.90. The van der Waals surface area contributed by atoms with Crippen LogP contribution in [0.15, 0.2) is 30.5 Å². The molecule has 5 heteroatoms. The maximum absolute atomic E-state index is 10.7. The number of carbonyl (C=O) groups is 1. The molecule has 0 saturated heterocycles. The molecule has 0 atom stereocenters. The van der Waals surface area contributed by atoms with Gasteiger partial charge in [-0.25, -0.2) is 4.79 Å². The van der Waals surface area contributed by atoms with Crippen LogP contribution < -0.4 is 4.74 Å². The summed E-state index contributed by atoms with van der Waals surface area (Å²) in [6.07, 6.45) is 1.73. The molecule has 0 spiro atoms. The molecule has 1 heterocycles. The minimum atomic E-state index is -0.992. The predicted molar refractivity (Wildman–Crippen MR) is 75.9 cm³/mol. The van der Waals surface area contributed by atoms with Gasteiger partial charge in [-0.1, -0.05) is 11.6 Å². The Labute approximate surface area is 117 Å². The molecule has 1 N–H and O–H groups in total. The summed E-state index contributed by atoms with van der Waals surface area (Å²) in [5.41, 5.74) is 2.86. The zero-order chi connectivity index (χ0) is 14.7. The van der Waals surface area contributed by atoms with Gasteiger partial charge in [-0.15, -0.1) is 0 Å². The second kappa shape index (κ2) is 5.77. The topological polar surface area (TPSA) is 64.3 Å². The second-order valence-electron chi connectivity index (χ2n) is 4.94. The van der Waals surface area contributed by atoms with Crippen molar-refractivity contribution in [1.82, 2.24) is 9.78 Å². The van der Waals surface area contributed by atoms with Crippen LogP contribution in [-0.4, -0.2) is 27.5 Å². The number of carboxylic acids is 1. The molecule has 5 nitrogen and oxygen atoms in total. The molecule has 1 aromatic carbocycles. The summed E-state index contributed by atoms with van der Waals surface area (Å²) in [6, 6.07) is 7.80. The fourth-order valence-corrected chi connectivity index (χ4v) is 2.05. The summed E-state index contributed by atoms with van der Waals surface area (Å²) in [6.45, 7) is 5.72. The van der Waals surface area contributed by atoms with Gasteiger partial charge in [0.05, 0.1) is 5.69 Å². The van der Waals surface area contributed by atoms with E-state index in [1.54, 1.807) is 12.3 Å². The van der Waals surface area contributed by atoms with E-state index in [2.05, 4.69) is 5.10 Å². The lowest BCUT2D eigenvalue weighted by molar-refractivity contribution is -0.139. The number of benzene rings is 1. The molecule has 2 rings (SSSR count). The first kappa shape index (κ1) is 14.1. The number of hydrogen-bond acceptors (Lipinski definition) is 3. The van der Waals surface area contributed by atoms with Crippen LogP contribution in [0.1, 0.15) is 25.5 Å². The number of aliphatic carboxylic acids is 1. The van der Waals surface area contributed by atoms with Gasteiger partial charge in [0.1, 0.15) is 5.75 Å². The maximum atomic E-state index is 10.7. The highest BCUT2D eigenvalue weighted by atomic mass is 16.5. The molecule has 0 aliphatic rings. The van der Waals surface area contributed by atoms with Gasteiger partial charge in [0.25, 0.3) is 0 Å². The normalized spacial score (nSPS) is 10.8. The van der Waals surface area contributed by atoms with Crippen molar-refractivity contribution >= 4 is 5.97 Å². The summed E-state index contributed by atoms with van der Waals surface area (Å²) in [4.78, 5) is 10.7. The smallest absolute Gasteiger partial charge is 0.341 e. The van der Waals surface area contributed by atoms with Crippen molar-refractivity contribution in [3.63, 3.8) is 0 Å². The summed E-state index contributed by atoms with van der Waals surface area (Å²) in [5.74, 6) is -0.436. The standard InChI is InChI=1S/C15H18N2O3/c1-10(2)17-13(6-7-16-17)12-8-11(3)4-5-14(12)20-9-15(18)19/h4-8,10H,9H2,1-3H3,(H,18,19). The van der Waals surface area contributed by atoms with Crippen molar-refractivity contribution in [2.75, 3.05) is 6.61 Å². The Morgan fingerprint density at radius 1 is 1.40 bits per heavy atom. The Bertz CT molecular complexity index is 617.